The van der Waals surface area contributed by atoms with Gasteiger partial charge in [-0.2, -0.15) is 0 Å². The highest BCUT2D eigenvalue weighted by molar-refractivity contribution is 7.14. The Morgan fingerprint density at radius 1 is 1.12 bits per heavy atom. The Hall–Kier alpha value is -2.77. The predicted molar refractivity (Wildman–Crippen MR) is 99.1 cm³/mol. The van der Waals surface area contributed by atoms with Gasteiger partial charge in [0, 0.05) is 34.8 Å². The molecule has 126 valence electrons. The normalized spacial score (nSPS) is 10.3. The zero-order chi connectivity index (χ0) is 17.8. The van der Waals surface area contributed by atoms with Crippen LogP contribution in [0.5, 0.6) is 0 Å². The van der Waals surface area contributed by atoms with Crippen LogP contribution in [0.3, 0.4) is 0 Å². The molecule has 0 aliphatic heterocycles. The molecule has 0 radical (unpaired) electrons. The van der Waals surface area contributed by atoms with E-state index in [9.17, 15) is 9.59 Å². The Labute approximate surface area is 152 Å². The number of carbonyl (C=O) groups excluding carboxylic acids is 2. The van der Waals surface area contributed by atoms with Gasteiger partial charge in [0.1, 0.15) is 5.69 Å². The second-order valence-electron chi connectivity index (χ2n) is 5.11. The summed E-state index contributed by atoms with van der Waals surface area (Å²) in [5, 5.41) is 8.16. The fourth-order valence-corrected chi connectivity index (χ4v) is 2.96. The molecular weight excluding hydrogens is 360 g/mol. The number of rotatable bonds is 4. The molecule has 0 saturated carbocycles. The van der Waals surface area contributed by atoms with Crippen LogP contribution >= 0.6 is 22.9 Å². The van der Waals surface area contributed by atoms with Gasteiger partial charge in [-0.05, 0) is 24.3 Å². The topological polar surface area (TPSA) is 84.0 Å². The first-order valence-corrected chi connectivity index (χ1v) is 8.53. The number of hydrogen-bond acceptors (Lipinski definition) is 5. The summed E-state index contributed by atoms with van der Waals surface area (Å²) in [4.78, 5) is 31.6. The van der Waals surface area contributed by atoms with Crippen molar-refractivity contribution in [2.75, 3.05) is 10.6 Å². The van der Waals surface area contributed by atoms with E-state index in [0.29, 0.717) is 15.8 Å². The van der Waals surface area contributed by atoms with E-state index in [1.165, 1.54) is 30.5 Å². The van der Waals surface area contributed by atoms with Crippen molar-refractivity contribution in [2.45, 2.75) is 6.92 Å². The van der Waals surface area contributed by atoms with Gasteiger partial charge in [0.25, 0.3) is 5.91 Å². The first kappa shape index (κ1) is 17.1. The number of nitrogens with zero attached hydrogens (tertiary/aromatic N) is 2. The number of hydrogen-bond donors (Lipinski definition) is 2. The number of pyridine rings is 1. The molecule has 2 heterocycles. The molecular formula is C17H13ClN4O2S. The average Bonchev–Trinajstić information content (AvgIpc) is 3.03. The zero-order valence-corrected chi connectivity index (χ0v) is 14.7. The van der Waals surface area contributed by atoms with Gasteiger partial charge in [-0.1, -0.05) is 23.7 Å². The highest BCUT2D eigenvalue weighted by atomic mass is 35.5. The summed E-state index contributed by atoms with van der Waals surface area (Å²) in [5.41, 5.74) is 2.55. The van der Waals surface area contributed by atoms with E-state index < -0.39 is 0 Å². The molecule has 3 aromatic rings. The molecule has 8 heteroatoms. The van der Waals surface area contributed by atoms with Gasteiger partial charge in [-0.15, -0.1) is 11.3 Å². The Kier molecular flexibility index (Phi) is 5.06. The molecule has 0 aliphatic carbocycles. The quantitative estimate of drug-likeness (QED) is 0.723. The molecule has 0 bridgehead atoms. The number of halogens is 1. The summed E-state index contributed by atoms with van der Waals surface area (Å²) in [7, 11) is 0. The number of amides is 2. The van der Waals surface area contributed by atoms with Crippen molar-refractivity contribution in [1.29, 1.82) is 0 Å². The van der Waals surface area contributed by atoms with Crippen molar-refractivity contribution in [3.8, 4) is 11.3 Å². The van der Waals surface area contributed by atoms with Crippen LogP contribution in [0.15, 0.2) is 48.0 Å². The summed E-state index contributed by atoms with van der Waals surface area (Å²) in [6.07, 6.45) is 1.47. The Morgan fingerprint density at radius 3 is 2.56 bits per heavy atom. The maximum Gasteiger partial charge on any atom is 0.276 e. The summed E-state index contributed by atoms with van der Waals surface area (Å²) >= 11 is 7.17. The van der Waals surface area contributed by atoms with Gasteiger partial charge in [-0.25, -0.2) is 4.98 Å². The third kappa shape index (κ3) is 4.40. The molecule has 0 spiro atoms. The van der Waals surface area contributed by atoms with Gasteiger partial charge >= 0.3 is 0 Å². The molecule has 3 rings (SSSR count). The lowest BCUT2D eigenvalue weighted by atomic mass is 10.1. The van der Waals surface area contributed by atoms with E-state index >= 15 is 0 Å². The van der Waals surface area contributed by atoms with Crippen molar-refractivity contribution in [3.63, 3.8) is 0 Å². The molecule has 0 unspecified atom stereocenters. The molecule has 2 amide bonds. The lowest BCUT2D eigenvalue weighted by molar-refractivity contribution is -0.114. The van der Waals surface area contributed by atoms with Crippen molar-refractivity contribution in [3.05, 3.63) is 58.7 Å². The zero-order valence-electron chi connectivity index (χ0n) is 13.1. The van der Waals surface area contributed by atoms with Crippen LogP contribution in [-0.2, 0) is 4.79 Å². The summed E-state index contributed by atoms with van der Waals surface area (Å²) < 4.78 is 0. The van der Waals surface area contributed by atoms with Gasteiger partial charge in [0.15, 0.2) is 5.13 Å². The monoisotopic (exact) mass is 372 g/mol. The second-order valence-corrected chi connectivity index (χ2v) is 6.40. The molecule has 6 nitrogen and oxygen atoms in total. The first-order chi connectivity index (χ1) is 12.0. The number of carbonyl (C=O) groups is 2. The van der Waals surface area contributed by atoms with Crippen LogP contribution in [0.25, 0.3) is 11.3 Å². The van der Waals surface area contributed by atoms with Crippen molar-refractivity contribution < 1.29 is 9.59 Å². The van der Waals surface area contributed by atoms with Crippen molar-refractivity contribution in [1.82, 2.24) is 9.97 Å². The van der Waals surface area contributed by atoms with E-state index in [2.05, 4.69) is 20.6 Å². The molecule has 0 aliphatic rings. The maximum absolute atomic E-state index is 12.2. The van der Waals surface area contributed by atoms with Gasteiger partial charge in [-0.3, -0.25) is 19.9 Å². The number of aromatic nitrogens is 2. The van der Waals surface area contributed by atoms with E-state index in [-0.39, 0.29) is 17.5 Å². The van der Waals surface area contributed by atoms with E-state index in [1.54, 1.807) is 18.2 Å². The van der Waals surface area contributed by atoms with E-state index in [4.69, 9.17) is 11.6 Å². The molecule has 0 saturated heterocycles. The highest BCUT2D eigenvalue weighted by Crippen LogP contribution is 2.26. The van der Waals surface area contributed by atoms with Crippen LogP contribution in [0.1, 0.15) is 17.4 Å². The number of anilines is 2. The third-order valence-electron chi connectivity index (χ3n) is 3.18. The molecule has 0 atom stereocenters. The molecule has 2 N–H and O–H groups in total. The minimum absolute atomic E-state index is 0.124. The number of benzene rings is 1. The number of thiazole rings is 1. The summed E-state index contributed by atoms with van der Waals surface area (Å²) in [5.74, 6) is -0.495. The van der Waals surface area contributed by atoms with Gasteiger partial charge < -0.3 is 5.32 Å². The predicted octanol–water partition coefficient (Wildman–Crippen LogP) is 4.07. The van der Waals surface area contributed by atoms with E-state index in [0.717, 1.165) is 11.3 Å². The lowest BCUT2D eigenvalue weighted by Gasteiger charge is -2.03. The first-order valence-electron chi connectivity index (χ1n) is 7.28. The molecule has 1 aromatic carbocycles. The van der Waals surface area contributed by atoms with Crippen molar-refractivity contribution >= 4 is 45.6 Å². The summed E-state index contributed by atoms with van der Waals surface area (Å²) in [6, 6.07) is 10.4. The second kappa shape index (κ2) is 7.42. The highest BCUT2D eigenvalue weighted by Gasteiger charge is 2.11. The SMILES string of the molecule is CC(=O)Nc1ccc(-c2csc(NC(=O)c3cc(Cl)ccn3)n2)cc1. The lowest BCUT2D eigenvalue weighted by Crippen LogP contribution is -2.13. The molecule has 2 aromatic heterocycles. The average molecular weight is 373 g/mol. The van der Waals surface area contributed by atoms with Crippen LogP contribution in [0, 0.1) is 0 Å². The standard InChI is InChI=1S/C17H13ClN4O2S/c1-10(23)20-13-4-2-11(3-5-13)15-9-25-17(21-15)22-16(24)14-8-12(18)6-7-19-14/h2-9H,1H3,(H,20,23)(H,21,22,24). The van der Waals surface area contributed by atoms with Crippen LogP contribution < -0.4 is 10.6 Å². The van der Waals surface area contributed by atoms with E-state index in [1.807, 2.05) is 17.5 Å². The fourth-order valence-electron chi connectivity index (χ4n) is 2.08. The largest absolute Gasteiger partial charge is 0.326 e. The van der Waals surface area contributed by atoms with Crippen molar-refractivity contribution in [2.24, 2.45) is 0 Å². The Bertz CT molecular complexity index is 924. The van der Waals surface area contributed by atoms with Gasteiger partial charge in [0.05, 0.1) is 5.69 Å². The van der Waals surface area contributed by atoms with Gasteiger partial charge in [0.2, 0.25) is 5.91 Å². The molecule has 25 heavy (non-hydrogen) atoms. The Balaban J connectivity index is 1.72. The minimum atomic E-state index is -0.371. The minimum Gasteiger partial charge on any atom is -0.326 e. The fraction of sp³-hybridized carbons (Fsp3) is 0.0588. The van der Waals surface area contributed by atoms with Crippen LogP contribution in [-0.4, -0.2) is 21.8 Å². The third-order valence-corrected chi connectivity index (χ3v) is 4.17. The number of nitrogens with one attached hydrogen (secondary N) is 2. The Morgan fingerprint density at radius 2 is 1.88 bits per heavy atom. The molecule has 0 fully saturated rings. The smallest absolute Gasteiger partial charge is 0.276 e. The van der Waals surface area contributed by atoms with Crippen LogP contribution in [0.4, 0.5) is 10.8 Å². The van der Waals surface area contributed by atoms with Crippen LogP contribution in [0.2, 0.25) is 5.02 Å². The maximum atomic E-state index is 12.2. The summed E-state index contributed by atoms with van der Waals surface area (Å²) in [6.45, 7) is 1.46.